The van der Waals surface area contributed by atoms with Gasteiger partial charge in [0.05, 0.1) is 5.56 Å². The van der Waals surface area contributed by atoms with Crippen LogP contribution in [0.1, 0.15) is 28.8 Å². The number of carbonyl (C=O) groups excluding carboxylic acids is 1. The van der Waals surface area contributed by atoms with E-state index >= 15 is 0 Å². The van der Waals surface area contributed by atoms with Gasteiger partial charge < -0.3 is 4.90 Å². The molecule has 0 saturated heterocycles. The highest BCUT2D eigenvalue weighted by Crippen LogP contribution is 2.26. The monoisotopic (exact) mass is 323 g/mol. The largest absolute Gasteiger partial charge is 0.342 e. The van der Waals surface area contributed by atoms with Crippen LogP contribution < -0.4 is 0 Å². The summed E-state index contributed by atoms with van der Waals surface area (Å²) in [4.78, 5) is 14.5. The molecule has 0 spiro atoms. The van der Waals surface area contributed by atoms with Gasteiger partial charge in [-0.3, -0.25) is 4.79 Å². The second-order valence-electron chi connectivity index (χ2n) is 5.81. The first kappa shape index (κ1) is 15.8. The van der Waals surface area contributed by atoms with Crippen molar-refractivity contribution in [1.82, 2.24) is 4.90 Å². The van der Waals surface area contributed by atoms with Gasteiger partial charge in [-0.25, -0.2) is 0 Å². The van der Waals surface area contributed by atoms with Crippen LogP contribution in [0.4, 0.5) is 0 Å². The van der Waals surface area contributed by atoms with Gasteiger partial charge in [-0.05, 0) is 30.9 Å². The number of nitrogens with zero attached hydrogens (tertiary/aromatic N) is 1. The van der Waals surface area contributed by atoms with Crippen LogP contribution in [-0.2, 0) is 6.42 Å². The van der Waals surface area contributed by atoms with Crippen LogP contribution in [0.5, 0.6) is 0 Å². The summed E-state index contributed by atoms with van der Waals surface area (Å²) in [6.45, 7) is 0.801. The third kappa shape index (κ3) is 3.80. The first-order valence-corrected chi connectivity index (χ1v) is 8.89. The van der Waals surface area contributed by atoms with Gasteiger partial charge in [0, 0.05) is 29.1 Å². The molecule has 0 aliphatic carbocycles. The van der Waals surface area contributed by atoms with Gasteiger partial charge in [-0.15, -0.1) is 11.3 Å². The zero-order valence-corrected chi connectivity index (χ0v) is 14.2. The van der Waals surface area contributed by atoms with Gasteiger partial charge in [0.15, 0.2) is 0 Å². The smallest absolute Gasteiger partial charge is 0.255 e. The molecular formula is C20H21NOS. The van der Waals surface area contributed by atoms with E-state index in [4.69, 9.17) is 0 Å². The average molecular weight is 323 g/mol. The van der Waals surface area contributed by atoms with Crippen LogP contribution in [0, 0.1) is 0 Å². The molecule has 0 fully saturated rings. The third-order valence-electron chi connectivity index (χ3n) is 4.11. The van der Waals surface area contributed by atoms with Crippen molar-refractivity contribution in [2.45, 2.75) is 19.3 Å². The number of aryl methyl sites for hydroxylation is 1. The first-order chi connectivity index (χ1) is 11.3. The Morgan fingerprint density at radius 2 is 1.74 bits per heavy atom. The summed E-state index contributed by atoms with van der Waals surface area (Å²) in [6, 6.07) is 18.6. The molecule has 23 heavy (non-hydrogen) atoms. The molecule has 0 bridgehead atoms. The Kier molecular flexibility index (Phi) is 5.09. The van der Waals surface area contributed by atoms with E-state index in [1.807, 2.05) is 41.6 Å². The van der Waals surface area contributed by atoms with Gasteiger partial charge in [-0.1, -0.05) is 48.5 Å². The van der Waals surface area contributed by atoms with Crippen molar-refractivity contribution in [3.05, 3.63) is 71.1 Å². The van der Waals surface area contributed by atoms with Crippen molar-refractivity contribution in [3.63, 3.8) is 0 Å². The van der Waals surface area contributed by atoms with E-state index in [1.54, 1.807) is 11.3 Å². The van der Waals surface area contributed by atoms with Crippen molar-refractivity contribution < 1.29 is 4.79 Å². The fourth-order valence-corrected chi connectivity index (χ4v) is 3.71. The maximum absolute atomic E-state index is 12.6. The van der Waals surface area contributed by atoms with Gasteiger partial charge in [0.2, 0.25) is 0 Å². The Balaban J connectivity index is 1.54. The minimum Gasteiger partial charge on any atom is -0.342 e. The van der Waals surface area contributed by atoms with Crippen LogP contribution in [0.2, 0.25) is 0 Å². The van der Waals surface area contributed by atoms with E-state index in [2.05, 4.69) is 30.3 Å². The summed E-state index contributed by atoms with van der Waals surface area (Å²) in [7, 11) is 1.90. The van der Waals surface area contributed by atoms with Crippen molar-refractivity contribution in [2.24, 2.45) is 0 Å². The molecular weight excluding hydrogens is 302 g/mol. The van der Waals surface area contributed by atoms with Crippen molar-refractivity contribution in [3.8, 4) is 0 Å². The third-order valence-corrected chi connectivity index (χ3v) is 5.07. The lowest BCUT2D eigenvalue weighted by Gasteiger charge is -2.16. The second-order valence-corrected chi connectivity index (χ2v) is 6.73. The zero-order valence-electron chi connectivity index (χ0n) is 13.4. The van der Waals surface area contributed by atoms with E-state index in [-0.39, 0.29) is 5.91 Å². The minimum absolute atomic E-state index is 0.127. The van der Waals surface area contributed by atoms with E-state index in [1.165, 1.54) is 10.3 Å². The van der Waals surface area contributed by atoms with E-state index in [0.29, 0.717) is 0 Å². The average Bonchev–Trinajstić information content (AvgIpc) is 3.03. The highest BCUT2D eigenvalue weighted by atomic mass is 32.1. The summed E-state index contributed by atoms with van der Waals surface area (Å²) in [5.41, 5.74) is 2.20. The molecule has 0 aliphatic rings. The maximum atomic E-state index is 12.6. The molecule has 0 saturated carbocycles. The maximum Gasteiger partial charge on any atom is 0.255 e. The van der Waals surface area contributed by atoms with Gasteiger partial charge in [-0.2, -0.15) is 0 Å². The number of hydrogen-bond donors (Lipinski definition) is 0. The number of hydrogen-bond acceptors (Lipinski definition) is 2. The number of fused-ring (bicyclic) bond motifs is 1. The molecule has 118 valence electrons. The molecule has 3 heteroatoms. The highest BCUT2D eigenvalue weighted by molar-refractivity contribution is 7.17. The lowest BCUT2D eigenvalue weighted by atomic mass is 10.1. The van der Waals surface area contributed by atoms with E-state index in [9.17, 15) is 4.79 Å². The van der Waals surface area contributed by atoms with Crippen LogP contribution in [0.3, 0.4) is 0 Å². The number of benzene rings is 2. The number of rotatable bonds is 6. The topological polar surface area (TPSA) is 20.3 Å². The molecule has 0 N–H and O–H groups in total. The Bertz CT molecular complexity index is 778. The van der Waals surface area contributed by atoms with Gasteiger partial charge in [0.25, 0.3) is 5.91 Å². The molecule has 1 heterocycles. The summed E-state index contributed by atoms with van der Waals surface area (Å²) in [5.74, 6) is 0.127. The van der Waals surface area contributed by atoms with Gasteiger partial charge in [0.1, 0.15) is 0 Å². The summed E-state index contributed by atoms with van der Waals surface area (Å²) in [5, 5.41) is 3.05. The van der Waals surface area contributed by atoms with Crippen LogP contribution in [0.25, 0.3) is 10.1 Å². The van der Waals surface area contributed by atoms with Crippen molar-refractivity contribution >= 4 is 27.3 Å². The number of amides is 1. The number of thiophene rings is 1. The van der Waals surface area contributed by atoms with Crippen molar-refractivity contribution in [2.75, 3.05) is 13.6 Å². The Morgan fingerprint density at radius 3 is 2.57 bits per heavy atom. The van der Waals surface area contributed by atoms with Crippen LogP contribution in [0.15, 0.2) is 60.0 Å². The molecule has 0 aliphatic heterocycles. The molecule has 1 aromatic heterocycles. The predicted molar refractivity (Wildman–Crippen MR) is 98.2 cm³/mol. The first-order valence-electron chi connectivity index (χ1n) is 8.01. The van der Waals surface area contributed by atoms with Crippen LogP contribution >= 0.6 is 11.3 Å². The lowest BCUT2D eigenvalue weighted by Crippen LogP contribution is -2.27. The molecule has 2 nitrogen and oxygen atoms in total. The SMILES string of the molecule is CN(CCCCc1ccccc1)C(=O)c1csc2ccccc12. The highest BCUT2D eigenvalue weighted by Gasteiger charge is 2.15. The molecule has 0 unspecified atom stereocenters. The molecule has 1 amide bonds. The Labute approximate surface area is 141 Å². The molecule has 3 rings (SSSR count). The molecule has 3 aromatic rings. The number of unbranched alkanes of at least 4 members (excludes halogenated alkanes) is 1. The van der Waals surface area contributed by atoms with Gasteiger partial charge >= 0.3 is 0 Å². The minimum atomic E-state index is 0.127. The van der Waals surface area contributed by atoms with Crippen molar-refractivity contribution in [1.29, 1.82) is 0 Å². The summed E-state index contributed by atoms with van der Waals surface area (Å²) >= 11 is 1.64. The fourth-order valence-electron chi connectivity index (χ4n) is 2.77. The normalized spacial score (nSPS) is 10.8. The van der Waals surface area contributed by atoms with E-state index < -0.39 is 0 Å². The standard InChI is InChI=1S/C20H21NOS/c1-21(14-8-7-11-16-9-3-2-4-10-16)20(22)18-15-23-19-13-6-5-12-17(18)19/h2-6,9-10,12-13,15H,7-8,11,14H2,1H3. The van der Waals surface area contributed by atoms with Crippen LogP contribution in [-0.4, -0.2) is 24.4 Å². The molecule has 0 radical (unpaired) electrons. The Hall–Kier alpha value is -2.13. The molecule has 2 aromatic carbocycles. The van der Waals surface area contributed by atoms with E-state index in [0.717, 1.165) is 36.8 Å². The number of carbonyl (C=O) groups is 1. The molecule has 0 atom stereocenters. The quantitative estimate of drug-likeness (QED) is 0.585. The summed E-state index contributed by atoms with van der Waals surface area (Å²) < 4.78 is 1.17. The summed E-state index contributed by atoms with van der Waals surface area (Å²) in [6.07, 6.45) is 3.20. The second kappa shape index (κ2) is 7.42. The fraction of sp³-hybridized carbons (Fsp3) is 0.250. The predicted octanol–water partition coefficient (Wildman–Crippen LogP) is 5.00. The Morgan fingerprint density at radius 1 is 1.00 bits per heavy atom. The lowest BCUT2D eigenvalue weighted by molar-refractivity contribution is 0.0795. The zero-order chi connectivity index (χ0) is 16.1.